The molecule has 0 saturated heterocycles. The van der Waals surface area contributed by atoms with E-state index in [4.69, 9.17) is 0 Å². The molecule has 0 unspecified atom stereocenters. The van der Waals surface area contributed by atoms with Gasteiger partial charge >= 0.3 is 6.18 Å². The summed E-state index contributed by atoms with van der Waals surface area (Å²) in [6, 6.07) is 7.51. The molecule has 0 atom stereocenters. The van der Waals surface area contributed by atoms with Crippen LogP contribution in [0.25, 0.3) is 22.5 Å². The van der Waals surface area contributed by atoms with Crippen molar-refractivity contribution in [2.24, 2.45) is 0 Å². The third-order valence-electron chi connectivity index (χ3n) is 5.71. The summed E-state index contributed by atoms with van der Waals surface area (Å²) in [5, 5.41) is 10.5. The molecule has 33 heavy (non-hydrogen) atoms. The number of nitrogens with zero attached hydrogens (tertiary/aromatic N) is 3. The summed E-state index contributed by atoms with van der Waals surface area (Å²) in [5.74, 6) is -0.0834. The number of rotatable bonds is 7. The number of hydrogen-bond acceptors (Lipinski definition) is 4. The molecule has 0 spiro atoms. The van der Waals surface area contributed by atoms with Crippen molar-refractivity contribution in [2.75, 3.05) is 11.9 Å². The number of anilines is 1. The average Bonchev–Trinajstić information content (AvgIpc) is 3.46. The van der Waals surface area contributed by atoms with Crippen molar-refractivity contribution >= 4 is 22.8 Å². The van der Waals surface area contributed by atoms with Gasteiger partial charge in [0.1, 0.15) is 0 Å². The zero-order chi connectivity index (χ0) is 23.8. The van der Waals surface area contributed by atoms with E-state index in [0.29, 0.717) is 28.3 Å². The number of carbonyl (C=O) groups is 1. The van der Waals surface area contributed by atoms with Gasteiger partial charge in [-0.1, -0.05) is 12.1 Å². The molecule has 2 aromatic heterocycles. The fourth-order valence-corrected chi connectivity index (χ4v) is 3.54. The monoisotopic (exact) mass is 457 g/mol. The third kappa shape index (κ3) is 5.18. The molecule has 1 saturated carbocycles. The lowest BCUT2D eigenvalue weighted by atomic mass is 10.0. The van der Waals surface area contributed by atoms with Crippen molar-refractivity contribution in [1.29, 1.82) is 0 Å². The first-order chi connectivity index (χ1) is 15.7. The van der Waals surface area contributed by atoms with Gasteiger partial charge in [0.15, 0.2) is 5.65 Å². The lowest BCUT2D eigenvalue weighted by Gasteiger charge is -2.13. The zero-order valence-electron chi connectivity index (χ0n) is 18.8. The molecule has 4 rings (SSSR count). The zero-order valence-corrected chi connectivity index (χ0v) is 18.8. The molecule has 0 radical (unpaired) electrons. The second kappa shape index (κ2) is 8.88. The average molecular weight is 458 g/mol. The first kappa shape index (κ1) is 22.8. The molecule has 1 aliphatic rings. The maximum Gasteiger partial charge on any atom is 0.390 e. The summed E-state index contributed by atoms with van der Waals surface area (Å²) >= 11 is 0. The maximum atomic E-state index is 12.6. The number of benzene rings is 1. The van der Waals surface area contributed by atoms with Gasteiger partial charge in [-0.15, -0.1) is 0 Å². The van der Waals surface area contributed by atoms with E-state index < -0.39 is 12.6 Å². The Balaban J connectivity index is 1.71. The first-order valence-corrected chi connectivity index (χ1v) is 10.9. The Hall–Kier alpha value is -3.36. The van der Waals surface area contributed by atoms with E-state index in [2.05, 4.69) is 20.7 Å². The van der Waals surface area contributed by atoms with Gasteiger partial charge < -0.3 is 10.6 Å². The summed E-state index contributed by atoms with van der Waals surface area (Å²) in [5.41, 5.74) is 5.38. The van der Waals surface area contributed by atoms with E-state index in [1.165, 1.54) is 0 Å². The van der Waals surface area contributed by atoms with Crippen molar-refractivity contribution < 1.29 is 18.0 Å². The number of amides is 1. The summed E-state index contributed by atoms with van der Waals surface area (Å²) in [4.78, 5) is 16.9. The minimum atomic E-state index is -4.25. The van der Waals surface area contributed by atoms with Crippen molar-refractivity contribution in [3.05, 3.63) is 53.4 Å². The van der Waals surface area contributed by atoms with Gasteiger partial charge in [-0.3, -0.25) is 4.79 Å². The molecule has 174 valence electrons. The molecule has 1 amide bonds. The first-order valence-electron chi connectivity index (χ1n) is 10.9. The van der Waals surface area contributed by atoms with Crippen molar-refractivity contribution in [3.63, 3.8) is 0 Å². The van der Waals surface area contributed by atoms with Crippen molar-refractivity contribution in [1.82, 2.24) is 19.9 Å². The van der Waals surface area contributed by atoms with Crippen LogP contribution in [-0.4, -0.2) is 39.3 Å². The molecular formula is C24H26F3N5O. The predicted molar refractivity (Wildman–Crippen MR) is 122 cm³/mol. The van der Waals surface area contributed by atoms with Gasteiger partial charge in [-0.25, -0.2) is 9.50 Å². The second-order valence-electron chi connectivity index (χ2n) is 8.36. The van der Waals surface area contributed by atoms with Gasteiger partial charge in [0.2, 0.25) is 0 Å². The molecule has 9 heteroatoms. The molecule has 6 nitrogen and oxygen atoms in total. The Labute approximate surface area is 189 Å². The highest BCUT2D eigenvalue weighted by Gasteiger charge is 2.27. The van der Waals surface area contributed by atoms with Crippen LogP contribution in [0.3, 0.4) is 0 Å². The van der Waals surface area contributed by atoms with E-state index in [0.717, 1.165) is 29.5 Å². The Morgan fingerprint density at radius 3 is 2.67 bits per heavy atom. The van der Waals surface area contributed by atoms with Crippen molar-refractivity contribution in [2.45, 2.75) is 52.3 Å². The van der Waals surface area contributed by atoms with Crippen LogP contribution in [0.2, 0.25) is 0 Å². The molecule has 2 N–H and O–H groups in total. The predicted octanol–water partition coefficient (Wildman–Crippen LogP) is 5.38. The van der Waals surface area contributed by atoms with E-state index in [1.807, 2.05) is 39.0 Å². The van der Waals surface area contributed by atoms with Gasteiger partial charge in [-0.05, 0) is 62.9 Å². The minimum absolute atomic E-state index is 0.0834. The number of fused-ring (bicyclic) bond motifs is 1. The summed E-state index contributed by atoms with van der Waals surface area (Å²) in [7, 11) is 0. The smallest absolute Gasteiger partial charge is 0.382 e. The van der Waals surface area contributed by atoms with Crippen LogP contribution in [0.1, 0.15) is 54.7 Å². The highest BCUT2D eigenvalue weighted by Crippen LogP contribution is 2.29. The number of aromatic nitrogens is 3. The Morgan fingerprint density at radius 1 is 1.27 bits per heavy atom. The number of hydrogen-bond donors (Lipinski definition) is 2. The lowest BCUT2D eigenvalue weighted by Crippen LogP contribution is -2.26. The summed E-state index contributed by atoms with van der Waals surface area (Å²) < 4.78 is 39.6. The van der Waals surface area contributed by atoms with E-state index >= 15 is 0 Å². The van der Waals surface area contributed by atoms with Crippen LogP contribution >= 0.6 is 0 Å². The fourth-order valence-electron chi connectivity index (χ4n) is 3.54. The molecule has 0 aliphatic heterocycles. The van der Waals surface area contributed by atoms with Crippen LogP contribution in [0.15, 0.2) is 36.5 Å². The van der Waals surface area contributed by atoms with Gasteiger partial charge in [-0.2, -0.15) is 18.3 Å². The Kier molecular flexibility index (Phi) is 6.14. The van der Waals surface area contributed by atoms with Gasteiger partial charge in [0.25, 0.3) is 5.91 Å². The summed E-state index contributed by atoms with van der Waals surface area (Å²) in [6.45, 7) is 5.38. The lowest BCUT2D eigenvalue weighted by molar-refractivity contribution is -0.131. The second-order valence-corrected chi connectivity index (χ2v) is 8.36. The Morgan fingerprint density at radius 2 is 2.03 bits per heavy atom. The topological polar surface area (TPSA) is 71.3 Å². The highest BCUT2D eigenvalue weighted by molar-refractivity contribution is 5.96. The van der Waals surface area contributed by atoms with Crippen LogP contribution in [0.4, 0.5) is 18.9 Å². The standard InChI is InChI=1S/C24H26F3N5O/c1-4-14(2)19-12-20(28-10-9-24(25,26)27)22-29-13-21(32(22)31-19)16-5-8-18(15(3)11-16)23(33)30-17-6-7-17/h4-5,8,11-13,17,28H,6-7,9-10H2,1-3H3,(H,30,33)/b14-4+. The molecule has 1 aromatic carbocycles. The third-order valence-corrected chi connectivity index (χ3v) is 5.71. The highest BCUT2D eigenvalue weighted by atomic mass is 19.4. The van der Waals surface area contributed by atoms with Crippen LogP contribution in [0.5, 0.6) is 0 Å². The SMILES string of the molecule is C/C=C(\C)c1cc(NCCC(F)(F)F)c2ncc(-c3ccc(C(=O)NC4CC4)c(C)c3)n2n1. The summed E-state index contributed by atoms with van der Waals surface area (Å²) in [6.07, 6.45) is 0.375. The number of imidazole rings is 1. The maximum absolute atomic E-state index is 12.6. The fraction of sp³-hybridized carbons (Fsp3) is 0.375. The number of carbonyl (C=O) groups excluding carboxylic acids is 1. The molecule has 2 heterocycles. The molecular weight excluding hydrogens is 431 g/mol. The minimum Gasteiger partial charge on any atom is -0.382 e. The van der Waals surface area contributed by atoms with Gasteiger partial charge in [0, 0.05) is 23.7 Å². The quantitative estimate of drug-likeness (QED) is 0.499. The number of aryl methyl sites for hydroxylation is 1. The van der Waals surface area contributed by atoms with E-state index in [1.54, 1.807) is 22.8 Å². The normalized spacial score (nSPS) is 14.5. The molecule has 3 aromatic rings. The van der Waals surface area contributed by atoms with Crippen LogP contribution in [-0.2, 0) is 0 Å². The number of nitrogens with one attached hydrogen (secondary N) is 2. The largest absolute Gasteiger partial charge is 0.390 e. The molecule has 0 bridgehead atoms. The van der Waals surface area contributed by atoms with Crippen LogP contribution in [0, 0.1) is 6.92 Å². The number of alkyl halides is 3. The van der Waals surface area contributed by atoms with E-state index in [-0.39, 0.29) is 18.5 Å². The van der Waals surface area contributed by atoms with E-state index in [9.17, 15) is 18.0 Å². The Bertz CT molecular complexity index is 1220. The number of allylic oxidation sites excluding steroid dienone is 2. The molecule has 1 fully saturated rings. The number of halogens is 3. The molecule has 1 aliphatic carbocycles. The van der Waals surface area contributed by atoms with Crippen LogP contribution < -0.4 is 10.6 Å². The van der Waals surface area contributed by atoms with Gasteiger partial charge in [0.05, 0.1) is 29.7 Å². The van der Waals surface area contributed by atoms with Crippen molar-refractivity contribution in [3.8, 4) is 11.3 Å².